The molecule has 1 aliphatic carbocycles. The summed E-state index contributed by atoms with van der Waals surface area (Å²) in [6.45, 7) is 4.13. The average molecular weight is 208 g/mol. The molecule has 0 spiro atoms. The van der Waals surface area contributed by atoms with Crippen molar-refractivity contribution in [3.8, 4) is 0 Å². The molecule has 1 aliphatic rings. The van der Waals surface area contributed by atoms with E-state index in [9.17, 15) is 8.42 Å². The minimum Gasteiger partial charge on any atom is -0.264 e. The molecule has 0 amide bonds. The molecular weight excluding hydrogens is 192 g/mol. The zero-order valence-electron chi connectivity index (χ0n) is 7.93. The van der Waals surface area contributed by atoms with Crippen LogP contribution in [0.1, 0.15) is 33.1 Å². The predicted molar refractivity (Wildman–Crippen MR) is 48.6 cm³/mol. The van der Waals surface area contributed by atoms with Gasteiger partial charge in [-0.05, 0) is 31.1 Å². The number of hydrogen-bond donors (Lipinski definition) is 1. The standard InChI is InChI=1S/C8H16O4S/c1-6-3-7(2)5-8(4-6)12-13(9,10)11/h6-8H,3-5H2,1-2H3,(H,9,10,11). The molecule has 0 bridgehead atoms. The Bertz CT molecular complexity index is 249. The molecule has 0 aromatic carbocycles. The molecule has 0 radical (unpaired) electrons. The molecule has 5 heteroatoms. The second-order valence-electron chi connectivity index (χ2n) is 4.06. The van der Waals surface area contributed by atoms with Crippen LogP contribution in [0, 0.1) is 11.8 Å². The normalized spacial score (nSPS) is 36.1. The summed E-state index contributed by atoms with van der Waals surface area (Å²) in [5.74, 6) is 0.936. The largest absolute Gasteiger partial charge is 0.397 e. The quantitative estimate of drug-likeness (QED) is 0.700. The molecule has 4 nitrogen and oxygen atoms in total. The van der Waals surface area contributed by atoms with Crippen LogP contribution < -0.4 is 0 Å². The predicted octanol–water partition coefficient (Wildman–Crippen LogP) is 1.63. The van der Waals surface area contributed by atoms with Crippen LogP contribution in [0.3, 0.4) is 0 Å². The van der Waals surface area contributed by atoms with Gasteiger partial charge in [-0.3, -0.25) is 4.55 Å². The van der Waals surface area contributed by atoms with Crippen molar-refractivity contribution >= 4 is 10.4 Å². The van der Waals surface area contributed by atoms with Gasteiger partial charge in [-0.25, -0.2) is 4.18 Å². The van der Waals surface area contributed by atoms with Crippen molar-refractivity contribution in [2.45, 2.75) is 39.2 Å². The van der Waals surface area contributed by atoms with Crippen LogP contribution in [0.4, 0.5) is 0 Å². The summed E-state index contributed by atoms with van der Waals surface area (Å²) in [5.41, 5.74) is 0. The van der Waals surface area contributed by atoms with Gasteiger partial charge in [0.1, 0.15) is 0 Å². The molecule has 78 valence electrons. The SMILES string of the molecule is CC1CC(C)CC(OS(=O)(=O)O)C1. The molecule has 2 atom stereocenters. The van der Waals surface area contributed by atoms with Gasteiger partial charge >= 0.3 is 10.4 Å². The third-order valence-electron chi connectivity index (χ3n) is 2.39. The van der Waals surface area contributed by atoms with Crippen LogP contribution in [-0.4, -0.2) is 19.1 Å². The molecule has 1 rings (SSSR count). The molecule has 1 saturated carbocycles. The van der Waals surface area contributed by atoms with E-state index in [-0.39, 0.29) is 6.10 Å². The molecule has 0 heterocycles. The Hall–Kier alpha value is -0.130. The molecule has 2 unspecified atom stereocenters. The van der Waals surface area contributed by atoms with Gasteiger partial charge < -0.3 is 0 Å². The van der Waals surface area contributed by atoms with E-state index in [1.165, 1.54) is 0 Å². The van der Waals surface area contributed by atoms with Crippen molar-refractivity contribution in [2.24, 2.45) is 11.8 Å². The lowest BCUT2D eigenvalue weighted by Crippen LogP contribution is -2.28. The van der Waals surface area contributed by atoms with Gasteiger partial charge in [0.25, 0.3) is 0 Å². The maximum absolute atomic E-state index is 10.4. The molecule has 13 heavy (non-hydrogen) atoms. The Labute approximate surface area is 79.2 Å². The summed E-state index contributed by atoms with van der Waals surface area (Å²) >= 11 is 0. The minimum atomic E-state index is -4.27. The van der Waals surface area contributed by atoms with E-state index >= 15 is 0 Å². The summed E-state index contributed by atoms with van der Waals surface area (Å²) in [5, 5.41) is 0. The average Bonchev–Trinajstić information content (AvgIpc) is 1.78. The van der Waals surface area contributed by atoms with Gasteiger partial charge in [0.2, 0.25) is 0 Å². The van der Waals surface area contributed by atoms with Crippen molar-refractivity contribution in [1.82, 2.24) is 0 Å². The Balaban J connectivity index is 2.51. The summed E-state index contributed by atoms with van der Waals surface area (Å²) in [7, 11) is -4.27. The fourth-order valence-corrected chi connectivity index (χ4v) is 2.62. The summed E-state index contributed by atoms with van der Waals surface area (Å²) in [6, 6.07) is 0. The fourth-order valence-electron chi connectivity index (χ4n) is 2.12. The van der Waals surface area contributed by atoms with Gasteiger partial charge in [-0.1, -0.05) is 13.8 Å². The first-order valence-corrected chi connectivity index (χ1v) is 5.89. The molecule has 0 aliphatic heterocycles. The van der Waals surface area contributed by atoms with Crippen LogP contribution in [0.25, 0.3) is 0 Å². The van der Waals surface area contributed by atoms with Crippen molar-refractivity contribution in [1.29, 1.82) is 0 Å². The Morgan fingerprint density at radius 1 is 1.15 bits per heavy atom. The summed E-state index contributed by atoms with van der Waals surface area (Å²) in [6.07, 6.45) is 2.19. The molecule has 0 saturated heterocycles. The Morgan fingerprint density at radius 3 is 2.00 bits per heavy atom. The Morgan fingerprint density at radius 2 is 1.62 bits per heavy atom. The second-order valence-corrected chi connectivity index (χ2v) is 5.11. The van der Waals surface area contributed by atoms with Gasteiger partial charge in [-0.2, -0.15) is 8.42 Å². The zero-order chi connectivity index (χ0) is 10.1. The van der Waals surface area contributed by atoms with E-state index in [0.717, 1.165) is 6.42 Å². The van der Waals surface area contributed by atoms with Crippen LogP contribution in [0.2, 0.25) is 0 Å². The summed E-state index contributed by atoms with van der Waals surface area (Å²) in [4.78, 5) is 0. The minimum absolute atomic E-state index is 0.339. The Kier molecular flexibility index (Phi) is 3.32. The van der Waals surface area contributed by atoms with E-state index < -0.39 is 10.4 Å². The molecule has 1 fully saturated rings. The molecule has 0 aromatic rings. The van der Waals surface area contributed by atoms with Gasteiger partial charge in [0, 0.05) is 0 Å². The lowest BCUT2D eigenvalue weighted by molar-refractivity contribution is 0.0945. The second kappa shape index (κ2) is 3.94. The highest BCUT2D eigenvalue weighted by molar-refractivity contribution is 7.80. The smallest absolute Gasteiger partial charge is 0.264 e. The first-order chi connectivity index (χ1) is 5.87. The number of hydrogen-bond acceptors (Lipinski definition) is 3. The first-order valence-electron chi connectivity index (χ1n) is 4.52. The maximum atomic E-state index is 10.4. The maximum Gasteiger partial charge on any atom is 0.397 e. The van der Waals surface area contributed by atoms with Crippen molar-refractivity contribution in [3.63, 3.8) is 0 Å². The molecule has 0 aromatic heterocycles. The fraction of sp³-hybridized carbons (Fsp3) is 1.00. The van der Waals surface area contributed by atoms with Crippen LogP contribution in [-0.2, 0) is 14.6 Å². The summed E-state index contributed by atoms with van der Waals surface area (Å²) < 4.78 is 33.9. The van der Waals surface area contributed by atoms with Crippen molar-refractivity contribution in [2.75, 3.05) is 0 Å². The zero-order valence-corrected chi connectivity index (χ0v) is 8.75. The monoisotopic (exact) mass is 208 g/mol. The van der Waals surface area contributed by atoms with Gasteiger partial charge in [-0.15, -0.1) is 0 Å². The lowest BCUT2D eigenvalue weighted by Gasteiger charge is -2.29. The van der Waals surface area contributed by atoms with Crippen molar-refractivity contribution in [3.05, 3.63) is 0 Å². The highest BCUT2D eigenvalue weighted by Crippen LogP contribution is 2.30. The van der Waals surface area contributed by atoms with Gasteiger partial charge in [0.05, 0.1) is 6.10 Å². The van der Waals surface area contributed by atoms with E-state index in [4.69, 9.17) is 4.55 Å². The van der Waals surface area contributed by atoms with Crippen LogP contribution >= 0.6 is 0 Å². The lowest BCUT2D eigenvalue weighted by atomic mass is 9.82. The van der Waals surface area contributed by atoms with Gasteiger partial charge in [0.15, 0.2) is 0 Å². The molecular formula is C8H16O4S. The highest BCUT2D eigenvalue weighted by atomic mass is 32.3. The van der Waals surface area contributed by atoms with Crippen LogP contribution in [0.15, 0.2) is 0 Å². The topological polar surface area (TPSA) is 63.6 Å². The van der Waals surface area contributed by atoms with E-state index in [2.05, 4.69) is 18.0 Å². The third kappa shape index (κ3) is 4.06. The highest BCUT2D eigenvalue weighted by Gasteiger charge is 2.27. The molecule has 1 N–H and O–H groups in total. The first kappa shape index (κ1) is 10.9. The number of rotatable bonds is 2. The van der Waals surface area contributed by atoms with E-state index in [0.29, 0.717) is 24.7 Å². The van der Waals surface area contributed by atoms with Crippen LogP contribution in [0.5, 0.6) is 0 Å². The van der Waals surface area contributed by atoms with Crippen molar-refractivity contribution < 1.29 is 17.2 Å². The third-order valence-corrected chi connectivity index (χ3v) is 2.91. The van der Waals surface area contributed by atoms with E-state index in [1.54, 1.807) is 0 Å². The van der Waals surface area contributed by atoms with E-state index in [1.807, 2.05) is 0 Å².